The van der Waals surface area contributed by atoms with Gasteiger partial charge in [0.15, 0.2) is 5.82 Å². The zero-order chi connectivity index (χ0) is 20.2. The van der Waals surface area contributed by atoms with Crippen molar-refractivity contribution in [3.05, 3.63) is 71.3 Å². The van der Waals surface area contributed by atoms with Crippen LogP contribution in [-0.2, 0) is 19.4 Å². The fraction of sp³-hybridized carbons (Fsp3) is 0.227. The number of hydrogen-bond donors (Lipinski definition) is 1. The van der Waals surface area contributed by atoms with Crippen molar-refractivity contribution in [3.63, 3.8) is 0 Å². The minimum absolute atomic E-state index is 0.174. The van der Waals surface area contributed by atoms with Crippen molar-refractivity contribution in [2.24, 2.45) is 0 Å². The molecule has 2 heterocycles. The number of rotatable bonds is 6. The first-order valence-electron chi connectivity index (χ1n) is 9.63. The molecule has 0 unspecified atom stereocenters. The van der Waals surface area contributed by atoms with Gasteiger partial charge in [0.25, 0.3) is 11.8 Å². The van der Waals surface area contributed by atoms with E-state index >= 15 is 0 Å². The van der Waals surface area contributed by atoms with E-state index in [0.717, 1.165) is 40.8 Å². The summed E-state index contributed by atoms with van der Waals surface area (Å²) in [7, 11) is 0. The normalized spacial score (nSPS) is 11.0. The van der Waals surface area contributed by atoms with Crippen LogP contribution in [0, 0.1) is 0 Å². The van der Waals surface area contributed by atoms with Gasteiger partial charge in [-0.05, 0) is 43.2 Å². The fourth-order valence-electron chi connectivity index (χ4n) is 3.12. The monoisotopic (exact) mass is 387 g/mol. The van der Waals surface area contributed by atoms with Crippen LogP contribution in [0.4, 0.5) is 0 Å². The Hall–Kier alpha value is -3.61. The Bertz CT molecular complexity index is 1150. The van der Waals surface area contributed by atoms with Crippen molar-refractivity contribution in [2.45, 2.75) is 33.2 Å². The molecule has 7 nitrogen and oxygen atoms in total. The molecule has 4 aromatic rings. The topological polar surface area (TPSA) is 93.8 Å². The van der Waals surface area contributed by atoms with E-state index in [4.69, 9.17) is 4.52 Å². The summed E-state index contributed by atoms with van der Waals surface area (Å²) in [5.41, 5.74) is 4.84. The zero-order valence-electron chi connectivity index (χ0n) is 16.3. The van der Waals surface area contributed by atoms with Crippen molar-refractivity contribution in [1.29, 1.82) is 0 Å². The molecule has 146 valence electrons. The maximum absolute atomic E-state index is 12.6. The molecular formula is C22H21N5O2. The summed E-state index contributed by atoms with van der Waals surface area (Å²) in [5, 5.41) is 6.75. The lowest BCUT2D eigenvalue weighted by Crippen LogP contribution is -2.23. The van der Waals surface area contributed by atoms with Gasteiger partial charge in [0.2, 0.25) is 0 Å². The molecule has 1 N–H and O–H groups in total. The third-order valence-corrected chi connectivity index (χ3v) is 4.65. The molecule has 0 aliphatic rings. The van der Waals surface area contributed by atoms with Gasteiger partial charge in [0.1, 0.15) is 0 Å². The Kier molecular flexibility index (Phi) is 5.29. The van der Waals surface area contributed by atoms with Gasteiger partial charge >= 0.3 is 0 Å². The van der Waals surface area contributed by atoms with Gasteiger partial charge in [-0.2, -0.15) is 4.98 Å². The number of nitrogens with zero attached hydrogens (tertiary/aromatic N) is 4. The molecule has 0 saturated carbocycles. The van der Waals surface area contributed by atoms with Gasteiger partial charge in [0, 0.05) is 11.1 Å². The first kappa shape index (κ1) is 18.7. The average Bonchev–Trinajstić information content (AvgIpc) is 3.25. The van der Waals surface area contributed by atoms with Crippen LogP contribution < -0.4 is 5.32 Å². The van der Waals surface area contributed by atoms with Crippen molar-refractivity contribution in [2.75, 3.05) is 0 Å². The first-order valence-corrected chi connectivity index (χ1v) is 9.63. The van der Waals surface area contributed by atoms with E-state index in [1.165, 1.54) is 0 Å². The van der Waals surface area contributed by atoms with Crippen LogP contribution >= 0.6 is 0 Å². The summed E-state index contributed by atoms with van der Waals surface area (Å²) >= 11 is 0. The highest BCUT2D eigenvalue weighted by Crippen LogP contribution is 2.17. The summed E-state index contributed by atoms with van der Waals surface area (Å²) < 4.78 is 5.26. The van der Waals surface area contributed by atoms with Crippen LogP contribution in [-0.4, -0.2) is 26.0 Å². The maximum Gasteiger partial charge on any atom is 0.257 e. The molecular weight excluding hydrogens is 366 g/mol. The molecule has 0 radical (unpaired) electrons. The number of hydrogen-bond acceptors (Lipinski definition) is 6. The Balaban J connectivity index is 1.48. The SMILES string of the molecule is CCc1nc2ccc(C(=O)NCc3noc(-c4ccccc4)n3)cc2nc1CC. The van der Waals surface area contributed by atoms with Crippen LogP contribution in [0.2, 0.25) is 0 Å². The molecule has 2 aromatic carbocycles. The molecule has 1 amide bonds. The molecule has 0 saturated heterocycles. The van der Waals surface area contributed by atoms with E-state index in [9.17, 15) is 4.79 Å². The lowest BCUT2D eigenvalue weighted by molar-refractivity contribution is 0.0949. The van der Waals surface area contributed by atoms with Gasteiger partial charge in [-0.15, -0.1) is 0 Å². The molecule has 0 bridgehead atoms. The molecule has 2 aromatic heterocycles. The van der Waals surface area contributed by atoms with Crippen molar-refractivity contribution in [3.8, 4) is 11.5 Å². The number of fused-ring (bicyclic) bond motifs is 1. The number of aryl methyl sites for hydroxylation is 2. The van der Waals surface area contributed by atoms with E-state index in [0.29, 0.717) is 17.3 Å². The number of carbonyl (C=O) groups excluding carboxylic acids is 1. The van der Waals surface area contributed by atoms with Crippen molar-refractivity contribution < 1.29 is 9.32 Å². The van der Waals surface area contributed by atoms with Crippen LogP contribution in [0.25, 0.3) is 22.5 Å². The highest BCUT2D eigenvalue weighted by molar-refractivity contribution is 5.97. The van der Waals surface area contributed by atoms with E-state index in [-0.39, 0.29) is 12.5 Å². The summed E-state index contributed by atoms with van der Waals surface area (Å²) in [5.74, 6) is 0.616. The quantitative estimate of drug-likeness (QED) is 0.542. The predicted octanol–water partition coefficient (Wildman–Crippen LogP) is 3.73. The van der Waals surface area contributed by atoms with Gasteiger partial charge in [0.05, 0.1) is 29.0 Å². The van der Waals surface area contributed by atoms with Crippen LogP contribution in [0.5, 0.6) is 0 Å². The highest BCUT2D eigenvalue weighted by atomic mass is 16.5. The number of benzene rings is 2. The third kappa shape index (κ3) is 3.99. The van der Waals surface area contributed by atoms with Crippen molar-refractivity contribution >= 4 is 16.9 Å². The van der Waals surface area contributed by atoms with Gasteiger partial charge in [-0.3, -0.25) is 4.79 Å². The lowest BCUT2D eigenvalue weighted by atomic mass is 10.1. The number of carbonyl (C=O) groups is 1. The van der Waals surface area contributed by atoms with E-state index in [1.54, 1.807) is 12.1 Å². The lowest BCUT2D eigenvalue weighted by Gasteiger charge is -2.08. The first-order chi connectivity index (χ1) is 14.2. The minimum Gasteiger partial charge on any atom is -0.345 e. The standard InChI is InChI=1S/C22H21N5O2/c1-3-16-17(4-2)25-19-12-15(10-11-18(19)24-16)21(28)23-13-20-26-22(29-27-20)14-8-6-5-7-9-14/h5-12H,3-4,13H2,1-2H3,(H,23,28). The number of aromatic nitrogens is 4. The summed E-state index contributed by atoms with van der Waals surface area (Å²) in [6, 6.07) is 14.8. The molecule has 7 heteroatoms. The number of amides is 1. The van der Waals surface area contributed by atoms with E-state index in [2.05, 4.69) is 39.3 Å². The van der Waals surface area contributed by atoms with Crippen LogP contribution in [0.3, 0.4) is 0 Å². The largest absolute Gasteiger partial charge is 0.345 e. The summed E-state index contributed by atoms with van der Waals surface area (Å²) in [4.78, 5) is 26.2. The maximum atomic E-state index is 12.6. The van der Waals surface area contributed by atoms with Gasteiger partial charge < -0.3 is 9.84 Å². The molecule has 0 aliphatic heterocycles. The molecule has 0 fully saturated rings. The summed E-state index contributed by atoms with van der Waals surface area (Å²) in [6.07, 6.45) is 1.65. The minimum atomic E-state index is -0.225. The molecule has 4 rings (SSSR count). The van der Waals surface area contributed by atoms with Gasteiger partial charge in [-0.1, -0.05) is 37.2 Å². The summed E-state index contributed by atoms with van der Waals surface area (Å²) in [6.45, 7) is 4.30. The Morgan fingerprint density at radius 1 is 0.931 bits per heavy atom. The molecule has 0 aliphatic carbocycles. The molecule has 0 atom stereocenters. The second-order valence-corrected chi connectivity index (χ2v) is 6.59. The molecule has 29 heavy (non-hydrogen) atoms. The van der Waals surface area contributed by atoms with E-state index in [1.807, 2.05) is 36.4 Å². The predicted molar refractivity (Wildman–Crippen MR) is 109 cm³/mol. The van der Waals surface area contributed by atoms with Crippen LogP contribution in [0.1, 0.15) is 41.4 Å². The second-order valence-electron chi connectivity index (χ2n) is 6.59. The Morgan fingerprint density at radius 3 is 2.38 bits per heavy atom. The van der Waals surface area contributed by atoms with E-state index < -0.39 is 0 Å². The zero-order valence-corrected chi connectivity index (χ0v) is 16.3. The molecule has 0 spiro atoms. The fourth-order valence-corrected chi connectivity index (χ4v) is 3.12. The Labute approximate surface area is 168 Å². The van der Waals surface area contributed by atoms with Gasteiger partial charge in [-0.25, -0.2) is 9.97 Å². The highest BCUT2D eigenvalue weighted by Gasteiger charge is 2.13. The third-order valence-electron chi connectivity index (χ3n) is 4.65. The average molecular weight is 387 g/mol. The second kappa shape index (κ2) is 8.18. The smallest absolute Gasteiger partial charge is 0.257 e. The van der Waals surface area contributed by atoms with Crippen LogP contribution in [0.15, 0.2) is 53.1 Å². The number of nitrogens with one attached hydrogen (secondary N) is 1. The Morgan fingerprint density at radius 2 is 1.66 bits per heavy atom. The van der Waals surface area contributed by atoms with Crippen molar-refractivity contribution in [1.82, 2.24) is 25.4 Å².